The van der Waals surface area contributed by atoms with Gasteiger partial charge in [0.25, 0.3) is 5.91 Å². The molecule has 2 aromatic carbocycles. The molecular weight excluding hydrogens is 386 g/mol. The molecule has 1 N–H and O–H groups in total. The van der Waals surface area contributed by atoms with E-state index in [1.807, 2.05) is 54.6 Å². The highest BCUT2D eigenvalue weighted by Crippen LogP contribution is 2.42. The van der Waals surface area contributed by atoms with Crippen molar-refractivity contribution in [1.82, 2.24) is 4.98 Å². The number of carbonyl (C=O) groups excluding carboxylic acids is 1. The van der Waals surface area contributed by atoms with E-state index in [-0.39, 0.29) is 16.3 Å². The molecule has 1 aliphatic heterocycles. The normalized spacial score (nSPS) is 17.1. The molecule has 0 unspecified atom stereocenters. The summed E-state index contributed by atoms with van der Waals surface area (Å²) in [6.45, 7) is 0. The smallest absolute Gasteiger partial charge is 0.253 e. The summed E-state index contributed by atoms with van der Waals surface area (Å²) >= 11 is 8.89. The average molecular weight is 400 g/mol. The van der Waals surface area contributed by atoms with Crippen molar-refractivity contribution < 1.29 is 4.79 Å². The van der Waals surface area contributed by atoms with Crippen molar-refractivity contribution in [3.8, 4) is 0 Å². The largest absolute Gasteiger partial charge is 0.278 e. The Hall–Kier alpha value is -2.15. The Kier molecular flexibility index (Phi) is 4.80. The van der Waals surface area contributed by atoms with Crippen LogP contribution >= 0.6 is 34.7 Å². The molecule has 1 fully saturated rings. The highest BCUT2D eigenvalue weighted by molar-refractivity contribution is 8.15. The Morgan fingerprint density at radius 3 is 2.62 bits per heavy atom. The van der Waals surface area contributed by atoms with Crippen molar-refractivity contribution in [3.63, 3.8) is 0 Å². The Bertz CT molecular complexity index is 974. The van der Waals surface area contributed by atoms with Gasteiger partial charge >= 0.3 is 0 Å². The van der Waals surface area contributed by atoms with Gasteiger partial charge in [0, 0.05) is 22.5 Å². The maximum Gasteiger partial charge on any atom is 0.253 e. The second-order valence-corrected chi connectivity index (χ2v) is 8.36. The standard InChI is InChI=1S/C19H14ClN3OS2/c20-15-9-5-4-8-13(15)10-14-11-22-19(25-14)23-17(24)16(26-18(23)21)12-6-2-1-3-7-12/h1-9,11,16,21H,10H2/t16-/m1/s1. The molecule has 1 atom stereocenters. The van der Waals surface area contributed by atoms with Gasteiger partial charge in [-0.1, -0.05) is 71.9 Å². The van der Waals surface area contributed by atoms with E-state index in [2.05, 4.69) is 4.98 Å². The number of hydrogen-bond donors (Lipinski definition) is 1. The molecule has 0 aliphatic carbocycles. The third-order valence-electron chi connectivity index (χ3n) is 4.03. The number of thiazole rings is 1. The minimum atomic E-state index is -0.389. The number of rotatable bonds is 4. The van der Waals surface area contributed by atoms with Crippen LogP contribution in [0.1, 0.15) is 21.3 Å². The molecule has 1 aromatic heterocycles. The Morgan fingerprint density at radius 1 is 1.12 bits per heavy atom. The lowest BCUT2D eigenvalue weighted by molar-refractivity contribution is -0.117. The van der Waals surface area contributed by atoms with Crippen LogP contribution in [0.5, 0.6) is 0 Å². The van der Waals surface area contributed by atoms with Crippen LogP contribution < -0.4 is 4.90 Å². The molecule has 1 aliphatic rings. The maximum absolute atomic E-state index is 12.8. The zero-order valence-corrected chi connectivity index (χ0v) is 15.9. The van der Waals surface area contributed by atoms with E-state index in [9.17, 15) is 4.79 Å². The predicted molar refractivity (Wildman–Crippen MR) is 108 cm³/mol. The molecule has 130 valence electrons. The number of aromatic nitrogens is 1. The van der Waals surface area contributed by atoms with Crippen molar-refractivity contribution in [1.29, 1.82) is 5.41 Å². The van der Waals surface area contributed by atoms with E-state index in [0.717, 1.165) is 16.0 Å². The third kappa shape index (κ3) is 3.28. The zero-order chi connectivity index (χ0) is 18.1. The fraction of sp³-hybridized carbons (Fsp3) is 0.105. The van der Waals surface area contributed by atoms with Gasteiger partial charge in [-0.05, 0) is 17.2 Å². The first-order valence-corrected chi connectivity index (χ1v) is 10.0. The van der Waals surface area contributed by atoms with Gasteiger partial charge in [0.15, 0.2) is 10.3 Å². The van der Waals surface area contributed by atoms with Crippen molar-refractivity contribution in [2.75, 3.05) is 4.90 Å². The quantitative estimate of drug-likeness (QED) is 0.660. The van der Waals surface area contributed by atoms with Crippen LogP contribution in [0.25, 0.3) is 0 Å². The first kappa shape index (κ1) is 17.3. The van der Waals surface area contributed by atoms with Gasteiger partial charge < -0.3 is 0 Å². The topological polar surface area (TPSA) is 57.1 Å². The summed E-state index contributed by atoms with van der Waals surface area (Å²) in [4.78, 5) is 19.6. The van der Waals surface area contributed by atoms with E-state index >= 15 is 0 Å². The van der Waals surface area contributed by atoms with Crippen LogP contribution in [0.15, 0.2) is 60.8 Å². The fourth-order valence-corrected chi connectivity index (χ4v) is 4.97. The Morgan fingerprint density at radius 2 is 1.85 bits per heavy atom. The zero-order valence-electron chi connectivity index (χ0n) is 13.6. The van der Waals surface area contributed by atoms with E-state index in [4.69, 9.17) is 17.0 Å². The number of thioether (sulfide) groups is 1. The first-order chi connectivity index (χ1) is 12.6. The number of anilines is 1. The molecule has 1 saturated heterocycles. The number of amides is 1. The lowest BCUT2D eigenvalue weighted by atomic mass is 10.1. The van der Waals surface area contributed by atoms with Crippen LogP contribution in [-0.2, 0) is 11.2 Å². The summed E-state index contributed by atoms with van der Waals surface area (Å²) in [5.41, 5.74) is 1.92. The SMILES string of the molecule is N=C1S[C@H](c2ccccc2)C(=O)N1c1ncc(Cc2ccccc2Cl)s1. The maximum atomic E-state index is 12.8. The van der Waals surface area contributed by atoms with Crippen LogP contribution in [0.2, 0.25) is 5.02 Å². The Labute approximate surface area is 164 Å². The van der Waals surface area contributed by atoms with Crippen molar-refractivity contribution in [2.45, 2.75) is 11.7 Å². The summed E-state index contributed by atoms with van der Waals surface area (Å²) in [7, 11) is 0. The minimum absolute atomic E-state index is 0.121. The summed E-state index contributed by atoms with van der Waals surface area (Å²) in [6.07, 6.45) is 2.41. The first-order valence-electron chi connectivity index (χ1n) is 7.95. The summed E-state index contributed by atoms with van der Waals surface area (Å²) in [5, 5.41) is 9.30. The van der Waals surface area contributed by atoms with Gasteiger partial charge in [-0.2, -0.15) is 0 Å². The molecule has 4 nitrogen and oxygen atoms in total. The van der Waals surface area contributed by atoms with E-state index in [0.29, 0.717) is 16.6 Å². The molecule has 0 radical (unpaired) electrons. The molecule has 26 heavy (non-hydrogen) atoms. The van der Waals surface area contributed by atoms with Gasteiger partial charge in [0.05, 0.1) is 0 Å². The van der Waals surface area contributed by atoms with Gasteiger partial charge in [0.1, 0.15) is 5.25 Å². The van der Waals surface area contributed by atoms with Crippen LogP contribution in [0, 0.1) is 5.41 Å². The number of amidine groups is 1. The Balaban J connectivity index is 1.57. The van der Waals surface area contributed by atoms with E-state index < -0.39 is 0 Å². The average Bonchev–Trinajstić information content (AvgIpc) is 3.21. The second kappa shape index (κ2) is 7.23. The summed E-state index contributed by atoms with van der Waals surface area (Å²) in [5.74, 6) is -0.121. The molecule has 0 bridgehead atoms. The predicted octanol–water partition coefficient (Wildman–Crippen LogP) is 5.14. The third-order valence-corrected chi connectivity index (χ3v) is 6.50. The fourth-order valence-electron chi connectivity index (χ4n) is 2.76. The van der Waals surface area contributed by atoms with Gasteiger partial charge in [-0.25, -0.2) is 9.88 Å². The monoisotopic (exact) mass is 399 g/mol. The highest BCUT2D eigenvalue weighted by Gasteiger charge is 2.40. The van der Waals surface area contributed by atoms with Gasteiger partial charge in [-0.3, -0.25) is 10.2 Å². The molecule has 0 saturated carbocycles. The van der Waals surface area contributed by atoms with Crippen LogP contribution in [0.3, 0.4) is 0 Å². The number of carbonyl (C=O) groups is 1. The summed E-state index contributed by atoms with van der Waals surface area (Å²) in [6, 6.07) is 17.2. The van der Waals surface area contributed by atoms with Crippen LogP contribution in [-0.4, -0.2) is 16.1 Å². The molecule has 1 amide bonds. The van der Waals surface area contributed by atoms with E-state index in [1.165, 1.54) is 28.0 Å². The van der Waals surface area contributed by atoms with E-state index in [1.54, 1.807) is 6.20 Å². The molecule has 7 heteroatoms. The van der Waals surface area contributed by atoms with Crippen molar-refractivity contribution >= 4 is 50.9 Å². The molecule has 3 aromatic rings. The number of hydrogen-bond acceptors (Lipinski definition) is 5. The van der Waals surface area contributed by atoms with Crippen LogP contribution in [0.4, 0.5) is 5.13 Å². The minimum Gasteiger partial charge on any atom is -0.278 e. The highest BCUT2D eigenvalue weighted by atomic mass is 35.5. The number of halogens is 1. The van der Waals surface area contributed by atoms with Gasteiger partial charge in [0.2, 0.25) is 0 Å². The van der Waals surface area contributed by atoms with Crippen molar-refractivity contribution in [2.24, 2.45) is 0 Å². The summed E-state index contributed by atoms with van der Waals surface area (Å²) < 4.78 is 0. The molecular formula is C19H14ClN3OS2. The number of nitrogens with one attached hydrogen (secondary N) is 1. The molecule has 2 heterocycles. The second-order valence-electron chi connectivity index (χ2n) is 5.76. The molecule has 0 spiro atoms. The lowest BCUT2D eigenvalue weighted by Crippen LogP contribution is -2.29. The van der Waals surface area contributed by atoms with Crippen molar-refractivity contribution in [3.05, 3.63) is 81.8 Å². The number of nitrogens with zero attached hydrogens (tertiary/aromatic N) is 2. The van der Waals surface area contributed by atoms with Gasteiger partial charge in [-0.15, -0.1) is 11.3 Å². The number of benzene rings is 2. The lowest BCUT2D eigenvalue weighted by Gasteiger charge is -2.11. The molecule has 4 rings (SSSR count).